The first-order valence-electron chi connectivity index (χ1n) is 7.93. The maximum atomic E-state index is 11.3. The van der Waals surface area contributed by atoms with Gasteiger partial charge in [0.05, 0.1) is 5.69 Å². The molecular weight excluding hydrogens is 320 g/mol. The number of hydrogen-bond acceptors (Lipinski definition) is 5. The van der Waals surface area contributed by atoms with Crippen LogP contribution >= 0.6 is 0 Å². The lowest BCUT2D eigenvalue weighted by atomic mass is 10.1. The number of nitrogens with zero attached hydrogens (tertiary/aromatic N) is 4. The molecular formula is C18H14N4O3. The number of benzene rings is 1. The van der Waals surface area contributed by atoms with Crippen molar-refractivity contribution in [1.29, 1.82) is 5.26 Å². The second-order valence-electron chi connectivity index (χ2n) is 5.89. The predicted octanol–water partition coefficient (Wildman–Crippen LogP) is 3.58. The van der Waals surface area contributed by atoms with Gasteiger partial charge < -0.3 is 9.52 Å². The highest BCUT2D eigenvalue weighted by atomic mass is 16.4. The van der Waals surface area contributed by atoms with Gasteiger partial charge in [0.25, 0.3) is 0 Å². The molecule has 1 unspecified atom stereocenters. The molecule has 0 aliphatic carbocycles. The average molecular weight is 334 g/mol. The fraction of sp³-hybridized carbons (Fsp3) is 0.222. The van der Waals surface area contributed by atoms with Gasteiger partial charge in [-0.2, -0.15) is 5.26 Å². The Morgan fingerprint density at radius 1 is 1.32 bits per heavy atom. The lowest BCUT2D eigenvalue weighted by Crippen LogP contribution is -2.28. The monoisotopic (exact) mass is 334 g/mol. The van der Waals surface area contributed by atoms with Gasteiger partial charge in [0.15, 0.2) is 5.58 Å². The third kappa shape index (κ3) is 2.68. The second-order valence-corrected chi connectivity index (χ2v) is 5.89. The van der Waals surface area contributed by atoms with Gasteiger partial charge in [0, 0.05) is 12.1 Å². The standard InChI is InChI=1S/C18H14N4O3/c19-10-12-3-1-4-13(20-12)11-6-7-16-14(9-11)21-17(25-16)15-5-2-8-22(15)18(23)24/h1,3-4,6-7,9,15H,2,5,8H2,(H,23,24). The Hall–Kier alpha value is -3.40. The van der Waals surface area contributed by atoms with Crippen LogP contribution in [0.1, 0.15) is 30.5 Å². The first-order chi connectivity index (χ1) is 12.2. The molecule has 0 spiro atoms. The van der Waals surface area contributed by atoms with E-state index in [4.69, 9.17) is 9.68 Å². The van der Waals surface area contributed by atoms with Crippen molar-refractivity contribution < 1.29 is 14.3 Å². The minimum Gasteiger partial charge on any atom is -0.465 e. The van der Waals surface area contributed by atoms with E-state index in [-0.39, 0.29) is 6.04 Å². The Labute approximate surface area is 143 Å². The molecule has 7 nitrogen and oxygen atoms in total. The van der Waals surface area contributed by atoms with Gasteiger partial charge in [0.1, 0.15) is 23.3 Å². The number of aromatic nitrogens is 2. The Morgan fingerprint density at radius 2 is 2.20 bits per heavy atom. The lowest BCUT2D eigenvalue weighted by molar-refractivity contribution is 0.134. The second kappa shape index (κ2) is 5.91. The molecule has 0 saturated carbocycles. The van der Waals surface area contributed by atoms with Crippen LogP contribution in [0, 0.1) is 11.3 Å². The van der Waals surface area contributed by atoms with Crippen molar-refractivity contribution in [1.82, 2.24) is 14.9 Å². The largest absolute Gasteiger partial charge is 0.465 e. The van der Waals surface area contributed by atoms with Crippen molar-refractivity contribution in [3.8, 4) is 17.3 Å². The molecule has 2 aromatic heterocycles. The summed E-state index contributed by atoms with van der Waals surface area (Å²) < 4.78 is 5.78. The summed E-state index contributed by atoms with van der Waals surface area (Å²) in [4.78, 5) is 21.5. The van der Waals surface area contributed by atoms with Crippen molar-refractivity contribution in [3.63, 3.8) is 0 Å². The summed E-state index contributed by atoms with van der Waals surface area (Å²) in [6.07, 6.45) is 0.548. The summed E-state index contributed by atoms with van der Waals surface area (Å²) in [5, 5.41) is 18.3. The summed E-state index contributed by atoms with van der Waals surface area (Å²) in [5.74, 6) is 0.422. The molecule has 0 bridgehead atoms. The molecule has 1 N–H and O–H groups in total. The van der Waals surface area contributed by atoms with Crippen LogP contribution in [0.2, 0.25) is 0 Å². The van der Waals surface area contributed by atoms with Crippen molar-refractivity contribution in [2.24, 2.45) is 0 Å². The van der Waals surface area contributed by atoms with E-state index in [1.807, 2.05) is 24.3 Å². The van der Waals surface area contributed by atoms with E-state index >= 15 is 0 Å². The highest BCUT2D eigenvalue weighted by Crippen LogP contribution is 2.34. The third-order valence-corrected chi connectivity index (χ3v) is 4.35. The van der Waals surface area contributed by atoms with E-state index in [0.717, 1.165) is 12.0 Å². The van der Waals surface area contributed by atoms with Gasteiger partial charge >= 0.3 is 6.09 Å². The molecule has 1 aromatic carbocycles. The first-order valence-corrected chi connectivity index (χ1v) is 7.93. The molecule has 3 heterocycles. The van der Waals surface area contributed by atoms with Crippen LogP contribution in [0.15, 0.2) is 40.8 Å². The van der Waals surface area contributed by atoms with Crippen LogP contribution in [0.25, 0.3) is 22.4 Å². The van der Waals surface area contributed by atoms with Crippen molar-refractivity contribution in [3.05, 3.63) is 48.0 Å². The summed E-state index contributed by atoms with van der Waals surface area (Å²) >= 11 is 0. The molecule has 1 amide bonds. The van der Waals surface area contributed by atoms with E-state index in [0.29, 0.717) is 41.3 Å². The fourth-order valence-electron chi connectivity index (χ4n) is 3.16. The molecule has 1 saturated heterocycles. The highest BCUT2D eigenvalue weighted by Gasteiger charge is 2.33. The number of likely N-dealkylation sites (tertiary alicyclic amines) is 1. The third-order valence-electron chi connectivity index (χ3n) is 4.35. The molecule has 4 rings (SSSR count). The van der Waals surface area contributed by atoms with Crippen LogP contribution in [-0.4, -0.2) is 32.6 Å². The van der Waals surface area contributed by atoms with Crippen LogP contribution in [0.3, 0.4) is 0 Å². The molecule has 7 heteroatoms. The Balaban J connectivity index is 1.72. The van der Waals surface area contributed by atoms with E-state index < -0.39 is 6.09 Å². The molecule has 1 atom stereocenters. The zero-order valence-corrected chi connectivity index (χ0v) is 13.2. The van der Waals surface area contributed by atoms with Crippen LogP contribution in [0.5, 0.6) is 0 Å². The number of amides is 1. The number of carboxylic acid groups (broad SMARTS) is 1. The quantitative estimate of drug-likeness (QED) is 0.768. The zero-order chi connectivity index (χ0) is 17.4. The van der Waals surface area contributed by atoms with Gasteiger partial charge in [-0.1, -0.05) is 6.07 Å². The van der Waals surface area contributed by atoms with Crippen molar-refractivity contribution in [2.75, 3.05) is 6.54 Å². The van der Waals surface area contributed by atoms with E-state index in [9.17, 15) is 9.90 Å². The smallest absolute Gasteiger partial charge is 0.407 e. The molecule has 1 aliphatic rings. The summed E-state index contributed by atoms with van der Waals surface area (Å²) in [6, 6.07) is 12.4. The minimum atomic E-state index is -0.956. The zero-order valence-electron chi connectivity index (χ0n) is 13.2. The number of nitriles is 1. The average Bonchev–Trinajstić information content (AvgIpc) is 3.27. The van der Waals surface area contributed by atoms with Crippen LogP contribution < -0.4 is 0 Å². The summed E-state index contributed by atoms with van der Waals surface area (Å²) in [5.41, 5.74) is 3.10. The molecule has 0 radical (unpaired) electrons. The molecule has 124 valence electrons. The number of fused-ring (bicyclic) bond motifs is 1. The lowest BCUT2D eigenvalue weighted by Gasteiger charge is -2.17. The van der Waals surface area contributed by atoms with Gasteiger partial charge in [-0.25, -0.2) is 14.8 Å². The van der Waals surface area contributed by atoms with E-state index in [1.54, 1.807) is 18.2 Å². The van der Waals surface area contributed by atoms with Crippen LogP contribution in [-0.2, 0) is 0 Å². The topological polar surface area (TPSA) is 103 Å². The highest BCUT2D eigenvalue weighted by molar-refractivity contribution is 5.79. The Bertz CT molecular complexity index is 1000. The number of hydrogen-bond donors (Lipinski definition) is 1. The normalized spacial score (nSPS) is 16.9. The molecule has 25 heavy (non-hydrogen) atoms. The summed E-state index contributed by atoms with van der Waals surface area (Å²) in [6.45, 7) is 0.495. The molecule has 1 fully saturated rings. The van der Waals surface area contributed by atoms with Crippen molar-refractivity contribution in [2.45, 2.75) is 18.9 Å². The number of oxazole rings is 1. The maximum absolute atomic E-state index is 11.3. The molecule has 1 aliphatic heterocycles. The van der Waals surface area contributed by atoms with E-state index in [2.05, 4.69) is 9.97 Å². The first kappa shape index (κ1) is 15.1. The maximum Gasteiger partial charge on any atom is 0.407 e. The van der Waals surface area contributed by atoms with Crippen LogP contribution in [0.4, 0.5) is 4.79 Å². The SMILES string of the molecule is N#Cc1cccc(-c2ccc3oc(C4CCCN4C(=O)O)nc3c2)n1. The predicted molar refractivity (Wildman–Crippen MR) is 88.7 cm³/mol. The number of rotatable bonds is 2. The molecule has 3 aromatic rings. The Morgan fingerprint density at radius 3 is 3.00 bits per heavy atom. The van der Waals surface area contributed by atoms with Crippen molar-refractivity contribution >= 4 is 17.2 Å². The minimum absolute atomic E-state index is 0.339. The number of carbonyl (C=O) groups is 1. The van der Waals surface area contributed by atoms with Gasteiger partial charge in [-0.05, 0) is 43.2 Å². The summed E-state index contributed by atoms with van der Waals surface area (Å²) in [7, 11) is 0. The Kier molecular flexibility index (Phi) is 3.58. The fourth-order valence-corrected chi connectivity index (χ4v) is 3.16. The van der Waals surface area contributed by atoms with Gasteiger partial charge in [0.2, 0.25) is 5.89 Å². The number of pyridine rings is 1. The van der Waals surface area contributed by atoms with E-state index in [1.165, 1.54) is 4.90 Å². The van der Waals surface area contributed by atoms with Gasteiger partial charge in [-0.15, -0.1) is 0 Å². The van der Waals surface area contributed by atoms with Gasteiger partial charge in [-0.3, -0.25) is 4.90 Å².